The lowest BCUT2D eigenvalue weighted by atomic mass is 10.1. The number of hydrogen-bond acceptors (Lipinski definition) is 3. The van der Waals surface area contributed by atoms with E-state index in [1.54, 1.807) is 6.92 Å². The van der Waals surface area contributed by atoms with Crippen LogP contribution in [0.4, 0.5) is 0 Å². The monoisotopic (exact) mass is 252 g/mol. The Bertz CT molecular complexity index is 353. The molecule has 0 atom stereocenters. The highest BCUT2D eigenvalue weighted by atomic mass is 16.5. The van der Waals surface area contributed by atoms with Crippen molar-refractivity contribution < 1.29 is 14.3 Å². The van der Waals surface area contributed by atoms with E-state index < -0.39 is 0 Å². The topological polar surface area (TPSA) is 35.5 Å². The first kappa shape index (κ1) is 16.5. The minimum atomic E-state index is -0.157. The number of carbonyl (C=O) groups is 1. The molecule has 102 valence electrons. The highest BCUT2D eigenvalue weighted by Gasteiger charge is 2.09. The van der Waals surface area contributed by atoms with Crippen LogP contribution >= 0.6 is 0 Å². The molecule has 0 fully saturated rings. The maximum Gasteiger partial charge on any atom is 0.305 e. The van der Waals surface area contributed by atoms with Crippen molar-refractivity contribution in [3.8, 4) is 5.75 Å². The van der Waals surface area contributed by atoms with Gasteiger partial charge in [0, 0.05) is 12.8 Å². The van der Waals surface area contributed by atoms with Crippen molar-refractivity contribution in [2.75, 3.05) is 13.7 Å². The van der Waals surface area contributed by atoms with Crippen LogP contribution in [0.5, 0.6) is 5.75 Å². The lowest BCUT2D eigenvalue weighted by molar-refractivity contribution is -0.140. The highest BCUT2D eigenvalue weighted by molar-refractivity contribution is 5.68. The van der Waals surface area contributed by atoms with Crippen LogP contribution in [0.15, 0.2) is 18.2 Å². The molecule has 3 heteroatoms. The summed E-state index contributed by atoms with van der Waals surface area (Å²) < 4.78 is 9.61. The molecule has 0 saturated carbocycles. The van der Waals surface area contributed by atoms with Crippen molar-refractivity contribution in [1.82, 2.24) is 0 Å². The molecule has 0 saturated heterocycles. The van der Waals surface area contributed by atoms with Crippen molar-refractivity contribution in [1.29, 1.82) is 0 Å². The van der Waals surface area contributed by atoms with Gasteiger partial charge in [-0.15, -0.1) is 0 Å². The Balaban J connectivity index is 0.000000315. The van der Waals surface area contributed by atoms with Crippen molar-refractivity contribution in [2.45, 2.75) is 40.5 Å². The van der Waals surface area contributed by atoms with Crippen molar-refractivity contribution in [3.63, 3.8) is 0 Å². The van der Waals surface area contributed by atoms with Crippen LogP contribution in [-0.4, -0.2) is 19.7 Å². The van der Waals surface area contributed by atoms with Crippen LogP contribution in [0.3, 0.4) is 0 Å². The lowest BCUT2D eigenvalue weighted by Gasteiger charge is -1.97. The van der Waals surface area contributed by atoms with E-state index in [0.29, 0.717) is 6.42 Å². The minimum Gasteiger partial charge on any atom is -0.493 e. The van der Waals surface area contributed by atoms with Crippen LogP contribution in [0.2, 0.25) is 0 Å². The number of hydrogen-bond donors (Lipinski definition) is 0. The van der Waals surface area contributed by atoms with Gasteiger partial charge in [0.05, 0.1) is 13.7 Å². The molecule has 0 N–H and O–H groups in total. The van der Waals surface area contributed by atoms with E-state index >= 15 is 0 Å². The molecule has 0 aliphatic carbocycles. The number of ether oxygens (including phenoxy) is 2. The number of methoxy groups -OCH3 is 1. The molecule has 0 amide bonds. The molecular formula is C15H24O3. The normalized spacial score (nSPS) is 10.9. The zero-order valence-electron chi connectivity index (χ0n) is 12.1. The summed E-state index contributed by atoms with van der Waals surface area (Å²) in [6.07, 6.45) is 1.55. The Hall–Kier alpha value is -1.51. The summed E-state index contributed by atoms with van der Waals surface area (Å²) in [5, 5.41) is 0. The van der Waals surface area contributed by atoms with Crippen LogP contribution < -0.4 is 4.74 Å². The molecule has 0 spiro atoms. The van der Waals surface area contributed by atoms with Gasteiger partial charge in [0.2, 0.25) is 0 Å². The van der Waals surface area contributed by atoms with Crippen LogP contribution in [0, 0.1) is 6.92 Å². The molecule has 18 heavy (non-hydrogen) atoms. The summed E-state index contributed by atoms with van der Waals surface area (Å²) in [7, 11) is 1.38. The second-order valence-corrected chi connectivity index (χ2v) is 3.64. The Morgan fingerprint density at radius 2 is 2.06 bits per heavy atom. The zero-order valence-corrected chi connectivity index (χ0v) is 12.1. The Kier molecular flexibility index (Phi) is 8.71. The summed E-state index contributed by atoms with van der Waals surface area (Å²) in [6, 6.07) is 6.34. The summed E-state index contributed by atoms with van der Waals surface area (Å²) in [6.45, 7) is 8.73. The molecule has 1 aromatic rings. The fourth-order valence-corrected chi connectivity index (χ4v) is 1.46. The number of esters is 1. The minimum absolute atomic E-state index is 0.157. The Morgan fingerprint density at radius 1 is 1.39 bits per heavy atom. The maximum absolute atomic E-state index is 9.96. The van der Waals surface area contributed by atoms with E-state index in [-0.39, 0.29) is 5.97 Å². The van der Waals surface area contributed by atoms with Gasteiger partial charge >= 0.3 is 5.97 Å². The van der Waals surface area contributed by atoms with Crippen molar-refractivity contribution in [3.05, 3.63) is 29.3 Å². The number of rotatable bonds is 1. The largest absolute Gasteiger partial charge is 0.493 e. The zero-order chi connectivity index (χ0) is 14.0. The molecule has 1 aromatic carbocycles. The predicted molar refractivity (Wildman–Crippen MR) is 74.0 cm³/mol. The van der Waals surface area contributed by atoms with Crippen molar-refractivity contribution in [2.24, 2.45) is 0 Å². The summed E-state index contributed by atoms with van der Waals surface area (Å²) in [4.78, 5) is 9.96. The molecule has 1 aliphatic rings. The molecule has 3 nitrogen and oxygen atoms in total. The van der Waals surface area contributed by atoms with E-state index in [2.05, 4.69) is 29.9 Å². The Morgan fingerprint density at radius 3 is 2.56 bits per heavy atom. The van der Waals surface area contributed by atoms with Gasteiger partial charge in [-0.2, -0.15) is 0 Å². The van der Waals surface area contributed by atoms with Gasteiger partial charge in [0.15, 0.2) is 0 Å². The molecule has 0 radical (unpaired) electrons. The summed E-state index contributed by atoms with van der Waals surface area (Å²) >= 11 is 0. The van der Waals surface area contributed by atoms with Crippen molar-refractivity contribution >= 4 is 5.97 Å². The quantitative estimate of drug-likeness (QED) is 0.717. The average molecular weight is 252 g/mol. The van der Waals surface area contributed by atoms with Gasteiger partial charge in [-0.05, 0) is 18.6 Å². The lowest BCUT2D eigenvalue weighted by Crippen LogP contribution is -1.94. The maximum atomic E-state index is 9.96. The van der Waals surface area contributed by atoms with Crippen LogP contribution in [0.25, 0.3) is 0 Å². The first-order chi connectivity index (χ1) is 8.67. The van der Waals surface area contributed by atoms with Gasteiger partial charge in [-0.25, -0.2) is 0 Å². The van der Waals surface area contributed by atoms with Gasteiger partial charge in [-0.3, -0.25) is 4.79 Å². The number of fused-ring (bicyclic) bond motifs is 1. The Labute approximate surface area is 110 Å². The van der Waals surface area contributed by atoms with E-state index in [0.717, 1.165) is 18.8 Å². The molecule has 0 aromatic heterocycles. The van der Waals surface area contributed by atoms with Crippen LogP contribution in [0.1, 0.15) is 38.3 Å². The van der Waals surface area contributed by atoms with Crippen LogP contribution in [-0.2, 0) is 16.0 Å². The third-order valence-electron chi connectivity index (χ3n) is 2.36. The average Bonchev–Trinajstić information content (AvgIpc) is 2.88. The molecule has 2 rings (SSSR count). The van der Waals surface area contributed by atoms with E-state index in [1.165, 1.54) is 18.2 Å². The first-order valence-electron chi connectivity index (χ1n) is 6.46. The molecular weight excluding hydrogens is 228 g/mol. The first-order valence-corrected chi connectivity index (χ1v) is 6.46. The molecule has 1 aliphatic heterocycles. The van der Waals surface area contributed by atoms with Gasteiger partial charge in [0.1, 0.15) is 5.75 Å². The number of benzene rings is 1. The second kappa shape index (κ2) is 9.51. The molecule has 0 bridgehead atoms. The van der Waals surface area contributed by atoms with E-state index in [1.807, 2.05) is 13.8 Å². The second-order valence-electron chi connectivity index (χ2n) is 3.64. The number of carbonyl (C=O) groups excluding carboxylic acids is 1. The summed E-state index contributed by atoms with van der Waals surface area (Å²) in [5.41, 5.74) is 2.68. The summed E-state index contributed by atoms with van der Waals surface area (Å²) in [5.74, 6) is 0.917. The van der Waals surface area contributed by atoms with E-state index in [4.69, 9.17) is 4.74 Å². The smallest absolute Gasteiger partial charge is 0.305 e. The molecule has 0 unspecified atom stereocenters. The third-order valence-corrected chi connectivity index (χ3v) is 2.36. The highest BCUT2D eigenvalue weighted by Crippen LogP contribution is 2.25. The third kappa shape index (κ3) is 5.71. The van der Waals surface area contributed by atoms with Gasteiger partial charge in [0.25, 0.3) is 0 Å². The fraction of sp³-hybridized carbons (Fsp3) is 0.533. The predicted octanol–water partition coefficient (Wildman–Crippen LogP) is 3.53. The standard InChI is InChI=1S/C9H10O.C4H8O2.C2H6/c1-7-2-3-9-8(6-7)4-5-10-9;1-3-4(5)6-2;1-2/h2-3,6H,4-5H2,1H3;3H2,1-2H3;1-2H3. The van der Waals surface area contributed by atoms with E-state index in [9.17, 15) is 4.79 Å². The van der Waals surface area contributed by atoms with Gasteiger partial charge in [-0.1, -0.05) is 38.5 Å². The number of aryl methyl sites for hydroxylation is 1. The van der Waals surface area contributed by atoms with Gasteiger partial charge < -0.3 is 9.47 Å². The fourth-order valence-electron chi connectivity index (χ4n) is 1.46. The molecule has 1 heterocycles. The SMILES string of the molecule is CC.CCC(=O)OC.Cc1ccc2c(c1)CCO2.